The second-order valence-electron chi connectivity index (χ2n) is 4.90. The van der Waals surface area contributed by atoms with E-state index in [-0.39, 0.29) is 5.82 Å². The summed E-state index contributed by atoms with van der Waals surface area (Å²) in [5.74, 6) is -0.245. The van der Waals surface area contributed by atoms with Gasteiger partial charge in [0.1, 0.15) is 5.82 Å². The minimum absolute atomic E-state index is 0.245. The summed E-state index contributed by atoms with van der Waals surface area (Å²) >= 11 is 0. The van der Waals surface area contributed by atoms with E-state index in [9.17, 15) is 4.39 Å². The van der Waals surface area contributed by atoms with Gasteiger partial charge in [-0.3, -0.25) is 4.98 Å². The zero-order valence-electron chi connectivity index (χ0n) is 11.6. The minimum Gasteiger partial charge on any atom is -0.317 e. The van der Waals surface area contributed by atoms with Crippen LogP contribution in [0.15, 0.2) is 18.5 Å². The highest BCUT2D eigenvalue weighted by atomic mass is 19.1. The number of hydrogen-bond donors (Lipinski definition) is 1. The first-order valence-corrected chi connectivity index (χ1v) is 7.03. The lowest BCUT2D eigenvalue weighted by Crippen LogP contribution is -2.27. The number of likely N-dealkylation sites (N-methyl/N-ethyl adjacent to an activating group) is 1. The van der Waals surface area contributed by atoms with Crippen molar-refractivity contribution in [2.45, 2.75) is 57.9 Å². The molecule has 1 aromatic heterocycles. The van der Waals surface area contributed by atoms with Crippen LogP contribution in [0.2, 0.25) is 0 Å². The van der Waals surface area contributed by atoms with Gasteiger partial charge in [0.05, 0.1) is 6.20 Å². The molecule has 0 spiro atoms. The van der Waals surface area contributed by atoms with Gasteiger partial charge in [0, 0.05) is 12.2 Å². The molecule has 2 nitrogen and oxygen atoms in total. The van der Waals surface area contributed by atoms with E-state index in [2.05, 4.69) is 17.2 Å². The lowest BCUT2D eigenvalue weighted by Gasteiger charge is -2.16. The van der Waals surface area contributed by atoms with Crippen molar-refractivity contribution in [3.63, 3.8) is 0 Å². The van der Waals surface area contributed by atoms with Crippen molar-refractivity contribution in [3.05, 3.63) is 29.8 Å². The Morgan fingerprint density at radius 3 is 2.67 bits per heavy atom. The normalized spacial score (nSPS) is 12.6. The average Bonchev–Trinajstić information content (AvgIpc) is 2.37. The average molecular weight is 252 g/mol. The number of unbranched alkanes of at least 4 members (excludes halogenated alkanes) is 4. The van der Waals surface area contributed by atoms with Crippen molar-refractivity contribution < 1.29 is 4.39 Å². The van der Waals surface area contributed by atoms with Crippen molar-refractivity contribution in [1.29, 1.82) is 0 Å². The molecule has 3 heteroatoms. The third-order valence-corrected chi connectivity index (χ3v) is 3.31. The van der Waals surface area contributed by atoms with Crippen molar-refractivity contribution in [2.75, 3.05) is 7.05 Å². The van der Waals surface area contributed by atoms with E-state index in [1.54, 1.807) is 12.3 Å². The molecule has 0 aliphatic rings. The lowest BCUT2D eigenvalue weighted by molar-refractivity contribution is 0.480. The zero-order valence-corrected chi connectivity index (χ0v) is 11.6. The summed E-state index contributed by atoms with van der Waals surface area (Å²) in [7, 11) is 1.98. The molecule has 1 atom stereocenters. The smallest absolute Gasteiger partial charge is 0.141 e. The first-order chi connectivity index (χ1) is 8.76. The van der Waals surface area contributed by atoms with Crippen LogP contribution in [-0.4, -0.2) is 18.1 Å². The van der Waals surface area contributed by atoms with E-state index in [1.807, 2.05) is 7.05 Å². The van der Waals surface area contributed by atoms with Gasteiger partial charge in [0.15, 0.2) is 0 Å². The minimum atomic E-state index is -0.245. The summed E-state index contributed by atoms with van der Waals surface area (Å²) in [6, 6.07) is 2.00. The Bertz CT molecular complexity index is 328. The van der Waals surface area contributed by atoms with E-state index in [0.29, 0.717) is 6.04 Å². The standard InChI is InChI=1S/C15H25FN2/c1-3-4-5-6-7-8-15(17-2)10-13-9-14(16)12-18-11-13/h9,11-12,15,17H,3-8,10H2,1-2H3. The van der Waals surface area contributed by atoms with Gasteiger partial charge in [-0.25, -0.2) is 4.39 Å². The fourth-order valence-corrected chi connectivity index (χ4v) is 2.19. The second-order valence-corrected chi connectivity index (χ2v) is 4.90. The van der Waals surface area contributed by atoms with E-state index in [0.717, 1.165) is 18.4 Å². The van der Waals surface area contributed by atoms with Crippen LogP contribution in [-0.2, 0) is 6.42 Å². The molecular weight excluding hydrogens is 227 g/mol. The molecule has 102 valence electrons. The Labute approximate surface area is 110 Å². The molecule has 0 aromatic carbocycles. The third kappa shape index (κ3) is 6.10. The lowest BCUT2D eigenvalue weighted by atomic mass is 10.0. The van der Waals surface area contributed by atoms with Gasteiger partial charge in [0.2, 0.25) is 0 Å². The maximum atomic E-state index is 13.0. The number of nitrogens with one attached hydrogen (secondary N) is 1. The van der Waals surface area contributed by atoms with E-state index >= 15 is 0 Å². The monoisotopic (exact) mass is 252 g/mol. The molecule has 0 saturated carbocycles. The first kappa shape index (κ1) is 15.1. The maximum Gasteiger partial charge on any atom is 0.141 e. The molecule has 0 radical (unpaired) electrons. The van der Waals surface area contributed by atoms with E-state index in [1.165, 1.54) is 38.3 Å². The molecule has 0 amide bonds. The second kappa shape index (κ2) is 9.03. The van der Waals surface area contributed by atoms with Crippen LogP contribution in [0.4, 0.5) is 4.39 Å². The molecular formula is C15H25FN2. The molecule has 1 heterocycles. The van der Waals surface area contributed by atoms with Gasteiger partial charge in [-0.2, -0.15) is 0 Å². The Morgan fingerprint density at radius 1 is 1.22 bits per heavy atom. The number of nitrogens with zero attached hydrogens (tertiary/aromatic N) is 1. The van der Waals surface area contributed by atoms with Gasteiger partial charge in [0.25, 0.3) is 0 Å². The topological polar surface area (TPSA) is 24.9 Å². The van der Waals surface area contributed by atoms with Crippen LogP contribution < -0.4 is 5.32 Å². The Morgan fingerprint density at radius 2 is 2.00 bits per heavy atom. The fraction of sp³-hybridized carbons (Fsp3) is 0.667. The van der Waals surface area contributed by atoms with Gasteiger partial charge >= 0.3 is 0 Å². The third-order valence-electron chi connectivity index (χ3n) is 3.31. The largest absolute Gasteiger partial charge is 0.317 e. The molecule has 18 heavy (non-hydrogen) atoms. The summed E-state index contributed by atoms with van der Waals surface area (Å²) in [6.07, 6.45) is 11.5. The van der Waals surface area contributed by atoms with Crippen LogP contribution in [0.25, 0.3) is 0 Å². The quantitative estimate of drug-likeness (QED) is 0.678. The highest BCUT2D eigenvalue weighted by molar-refractivity contribution is 5.11. The summed E-state index contributed by atoms with van der Waals surface area (Å²) in [4.78, 5) is 3.89. The molecule has 0 saturated heterocycles. The molecule has 0 aliphatic carbocycles. The van der Waals surface area contributed by atoms with E-state index < -0.39 is 0 Å². The number of pyridine rings is 1. The highest BCUT2D eigenvalue weighted by Gasteiger charge is 2.07. The Hall–Kier alpha value is -0.960. The number of rotatable bonds is 9. The Balaban J connectivity index is 2.28. The SMILES string of the molecule is CCCCCCCC(Cc1cncc(F)c1)NC. The van der Waals surface area contributed by atoms with Crippen molar-refractivity contribution in [3.8, 4) is 0 Å². The van der Waals surface area contributed by atoms with Gasteiger partial charge in [-0.15, -0.1) is 0 Å². The summed E-state index contributed by atoms with van der Waals surface area (Å²) < 4.78 is 13.0. The zero-order chi connectivity index (χ0) is 13.2. The Kier molecular flexibility index (Phi) is 7.58. The predicted molar refractivity (Wildman–Crippen MR) is 74.1 cm³/mol. The fourth-order valence-electron chi connectivity index (χ4n) is 2.19. The number of halogens is 1. The van der Waals surface area contributed by atoms with Crippen LogP contribution >= 0.6 is 0 Å². The first-order valence-electron chi connectivity index (χ1n) is 7.03. The molecule has 0 fully saturated rings. The number of hydrogen-bond acceptors (Lipinski definition) is 2. The van der Waals surface area contributed by atoms with Crippen molar-refractivity contribution in [1.82, 2.24) is 10.3 Å². The van der Waals surface area contributed by atoms with Gasteiger partial charge < -0.3 is 5.32 Å². The summed E-state index contributed by atoms with van der Waals surface area (Å²) in [5, 5.41) is 3.31. The maximum absolute atomic E-state index is 13.0. The molecule has 1 N–H and O–H groups in total. The van der Waals surface area contributed by atoms with Gasteiger partial charge in [-0.05, 0) is 31.5 Å². The molecule has 1 aromatic rings. The summed E-state index contributed by atoms with van der Waals surface area (Å²) in [6.45, 7) is 2.23. The van der Waals surface area contributed by atoms with Crippen molar-refractivity contribution in [2.24, 2.45) is 0 Å². The summed E-state index contributed by atoms with van der Waals surface area (Å²) in [5.41, 5.74) is 0.975. The molecule has 0 bridgehead atoms. The van der Waals surface area contributed by atoms with E-state index in [4.69, 9.17) is 0 Å². The van der Waals surface area contributed by atoms with Crippen LogP contribution in [0.1, 0.15) is 51.0 Å². The molecule has 1 rings (SSSR count). The predicted octanol–water partition coefficient (Wildman–Crippen LogP) is 3.71. The molecule has 1 unspecified atom stereocenters. The number of aromatic nitrogens is 1. The van der Waals surface area contributed by atoms with Crippen molar-refractivity contribution >= 4 is 0 Å². The van der Waals surface area contributed by atoms with Crippen LogP contribution in [0.5, 0.6) is 0 Å². The highest BCUT2D eigenvalue weighted by Crippen LogP contribution is 2.11. The molecule has 0 aliphatic heterocycles. The van der Waals surface area contributed by atoms with Gasteiger partial charge in [-0.1, -0.05) is 39.0 Å². The van der Waals surface area contributed by atoms with Crippen LogP contribution in [0, 0.1) is 5.82 Å². The van der Waals surface area contributed by atoms with Crippen LogP contribution in [0.3, 0.4) is 0 Å².